The van der Waals surface area contributed by atoms with Gasteiger partial charge in [-0.2, -0.15) is 0 Å². The average Bonchev–Trinajstić information content (AvgIpc) is 2.04. The van der Waals surface area contributed by atoms with Gasteiger partial charge in [0.25, 0.3) is 0 Å². The van der Waals surface area contributed by atoms with E-state index in [1.807, 2.05) is 0 Å². The first-order valence-corrected chi connectivity index (χ1v) is 6.82. The predicted molar refractivity (Wildman–Crippen MR) is 74.0 cm³/mol. The zero-order chi connectivity index (χ0) is 12.7. The number of rotatable bonds is 0. The Morgan fingerprint density at radius 2 is 1.12 bits per heavy atom. The van der Waals surface area contributed by atoms with E-state index in [9.17, 15) is 0 Å². The molecule has 0 aliphatic heterocycles. The fourth-order valence-electron chi connectivity index (χ4n) is 1.92. The summed E-state index contributed by atoms with van der Waals surface area (Å²) in [4.78, 5) is 0. The van der Waals surface area contributed by atoms with Crippen molar-refractivity contribution in [1.29, 1.82) is 0 Å². The molecule has 0 N–H and O–H groups in total. The molecule has 0 aliphatic rings. The van der Waals surface area contributed by atoms with Gasteiger partial charge in [0.2, 0.25) is 0 Å². The van der Waals surface area contributed by atoms with Gasteiger partial charge in [-0.05, 0) is 0 Å². The molecule has 0 fully saturated rings. The van der Waals surface area contributed by atoms with Gasteiger partial charge in [-0.1, -0.05) is 0 Å². The van der Waals surface area contributed by atoms with Crippen molar-refractivity contribution in [2.24, 2.45) is 0 Å². The molecular weight excluding hydrogens is 255 g/mol. The molecule has 1 rings (SSSR count). The van der Waals surface area contributed by atoms with Crippen LogP contribution in [-0.4, -0.2) is 16.9 Å². The zero-order valence-electron chi connectivity index (χ0n) is 11.6. The molecule has 0 saturated heterocycles. The summed E-state index contributed by atoms with van der Waals surface area (Å²) < 4.78 is 1.40. The van der Waals surface area contributed by atoms with Gasteiger partial charge in [0.05, 0.1) is 0 Å². The molecule has 0 aromatic heterocycles. The monoisotopic (exact) mass is 278 g/mol. The van der Waals surface area contributed by atoms with Crippen LogP contribution in [0.3, 0.4) is 0 Å². The van der Waals surface area contributed by atoms with Crippen LogP contribution in [0.25, 0.3) is 0 Å². The Kier molecular flexibility index (Phi) is 3.65. The summed E-state index contributed by atoms with van der Waals surface area (Å²) >= 11 is 2.77. The molecule has 1 aromatic carbocycles. The summed E-state index contributed by atoms with van der Waals surface area (Å²) in [6.07, 6.45) is 0. The third kappa shape index (κ3) is 2.92. The Hall–Kier alpha value is -0.222. The third-order valence-corrected chi connectivity index (χ3v) is 3.88. The maximum absolute atomic E-state index is 2.77. The van der Waals surface area contributed by atoms with Crippen LogP contribution in [0.4, 0.5) is 0 Å². The standard InChI is InChI=1S/C15H23As/c1-10-8-11(14(2,3)4)13(16)12(9-10)15(5,6)7/h8-9H,1-7H3. The van der Waals surface area contributed by atoms with E-state index in [0.717, 1.165) is 0 Å². The van der Waals surface area contributed by atoms with E-state index >= 15 is 0 Å². The summed E-state index contributed by atoms with van der Waals surface area (Å²) in [5, 5.41) is 0. The summed E-state index contributed by atoms with van der Waals surface area (Å²) in [6, 6.07) is 4.64. The number of benzene rings is 1. The Morgan fingerprint density at radius 3 is 1.38 bits per heavy atom. The Bertz CT molecular complexity index is 354. The van der Waals surface area contributed by atoms with E-state index < -0.39 is 0 Å². The zero-order valence-corrected chi connectivity index (χ0v) is 13.5. The van der Waals surface area contributed by atoms with Gasteiger partial charge in [0.1, 0.15) is 0 Å². The molecule has 0 amide bonds. The predicted octanol–water partition coefficient (Wildman–Crippen LogP) is 3.38. The van der Waals surface area contributed by atoms with Crippen LogP contribution < -0.4 is 4.35 Å². The summed E-state index contributed by atoms with van der Waals surface area (Å²) in [5.41, 5.74) is 4.71. The van der Waals surface area contributed by atoms with Crippen molar-refractivity contribution < 1.29 is 0 Å². The van der Waals surface area contributed by atoms with Gasteiger partial charge >= 0.3 is 109 Å². The first-order valence-electron chi connectivity index (χ1n) is 5.88. The summed E-state index contributed by atoms with van der Waals surface area (Å²) in [5.74, 6) is 0. The normalized spacial score (nSPS) is 13.0. The van der Waals surface area contributed by atoms with Gasteiger partial charge in [0.15, 0.2) is 0 Å². The second kappa shape index (κ2) is 4.22. The van der Waals surface area contributed by atoms with E-state index in [1.165, 1.54) is 21.0 Å². The van der Waals surface area contributed by atoms with Gasteiger partial charge < -0.3 is 0 Å². The average molecular weight is 278 g/mol. The molecule has 88 valence electrons. The molecule has 1 heteroatoms. The Labute approximate surface area is 109 Å². The van der Waals surface area contributed by atoms with Crippen LogP contribution in [0.5, 0.6) is 0 Å². The molecular formula is C15H23As. The minimum absolute atomic E-state index is 0.217. The molecule has 0 unspecified atom stereocenters. The Balaban J connectivity index is 3.51. The molecule has 0 aliphatic carbocycles. The van der Waals surface area contributed by atoms with Crippen molar-refractivity contribution in [2.45, 2.75) is 59.3 Å². The third-order valence-electron chi connectivity index (χ3n) is 2.87. The van der Waals surface area contributed by atoms with E-state index in [2.05, 4.69) is 77.5 Å². The molecule has 0 bridgehead atoms. The molecule has 0 spiro atoms. The van der Waals surface area contributed by atoms with Crippen LogP contribution in [-0.2, 0) is 10.8 Å². The van der Waals surface area contributed by atoms with Crippen molar-refractivity contribution >= 4 is 21.2 Å². The van der Waals surface area contributed by atoms with Crippen LogP contribution >= 0.6 is 0 Å². The van der Waals surface area contributed by atoms with Gasteiger partial charge in [-0.3, -0.25) is 0 Å². The maximum atomic E-state index is 2.77. The second-order valence-electron chi connectivity index (χ2n) is 6.71. The molecule has 0 saturated carbocycles. The van der Waals surface area contributed by atoms with E-state index in [1.54, 1.807) is 0 Å². The molecule has 16 heavy (non-hydrogen) atoms. The van der Waals surface area contributed by atoms with Gasteiger partial charge in [0, 0.05) is 0 Å². The fourth-order valence-corrected chi connectivity index (χ4v) is 3.60. The summed E-state index contributed by atoms with van der Waals surface area (Å²) in [7, 11) is 0. The minimum atomic E-state index is 0.217. The molecule has 0 atom stereocenters. The van der Waals surface area contributed by atoms with Crippen molar-refractivity contribution in [3.8, 4) is 0 Å². The number of hydrogen-bond acceptors (Lipinski definition) is 0. The first-order chi connectivity index (χ1) is 7.03. The van der Waals surface area contributed by atoms with Crippen LogP contribution in [0.1, 0.15) is 58.2 Å². The van der Waals surface area contributed by atoms with Gasteiger partial charge in [-0.15, -0.1) is 0 Å². The van der Waals surface area contributed by atoms with Crippen molar-refractivity contribution in [3.05, 3.63) is 28.8 Å². The molecule has 0 nitrogen and oxygen atoms in total. The van der Waals surface area contributed by atoms with Crippen LogP contribution in [0.2, 0.25) is 0 Å². The van der Waals surface area contributed by atoms with Gasteiger partial charge in [-0.25, -0.2) is 0 Å². The van der Waals surface area contributed by atoms with Crippen LogP contribution in [0, 0.1) is 6.92 Å². The fraction of sp³-hybridized carbons (Fsp3) is 0.600. The van der Waals surface area contributed by atoms with E-state index in [-0.39, 0.29) is 10.8 Å². The topological polar surface area (TPSA) is 0 Å². The van der Waals surface area contributed by atoms with Crippen LogP contribution in [0.15, 0.2) is 12.1 Å². The SMILES string of the molecule is Cc1cc(C(C)(C)C)c([As])c(C(C)(C)C)c1. The molecule has 0 heterocycles. The van der Waals surface area contributed by atoms with Crippen molar-refractivity contribution in [1.82, 2.24) is 0 Å². The van der Waals surface area contributed by atoms with Crippen molar-refractivity contribution in [3.63, 3.8) is 0 Å². The van der Waals surface area contributed by atoms with Crippen molar-refractivity contribution in [2.75, 3.05) is 0 Å². The number of aryl methyl sites for hydroxylation is 1. The first kappa shape index (κ1) is 13.8. The second-order valence-corrected chi connectivity index (χ2v) is 7.65. The molecule has 1 aromatic rings. The summed E-state index contributed by atoms with van der Waals surface area (Å²) in [6.45, 7) is 15.9. The number of hydrogen-bond donors (Lipinski definition) is 0. The van der Waals surface area contributed by atoms with E-state index in [0.29, 0.717) is 0 Å². The molecule has 2 radical (unpaired) electrons. The van der Waals surface area contributed by atoms with E-state index in [4.69, 9.17) is 0 Å². The quantitative estimate of drug-likeness (QED) is 0.638. The Morgan fingerprint density at radius 1 is 0.812 bits per heavy atom.